The topological polar surface area (TPSA) is 78.4 Å². The summed E-state index contributed by atoms with van der Waals surface area (Å²) in [5.41, 5.74) is 0.974. The van der Waals surface area contributed by atoms with Gasteiger partial charge in [-0.15, -0.1) is 0 Å². The minimum atomic E-state index is -1.08. The number of amides is 1. The van der Waals surface area contributed by atoms with Gasteiger partial charge in [0.05, 0.1) is 6.04 Å². The quantitative estimate of drug-likeness (QED) is 0.617. The summed E-state index contributed by atoms with van der Waals surface area (Å²) in [7, 11) is 0. The van der Waals surface area contributed by atoms with Gasteiger partial charge >= 0.3 is 5.97 Å². The van der Waals surface area contributed by atoms with Gasteiger partial charge < -0.3 is 10.4 Å². The lowest BCUT2D eigenvalue weighted by Crippen LogP contribution is -2.46. The fraction of sp³-hybridized carbons (Fsp3) is 0.391. The Morgan fingerprint density at radius 2 is 1.73 bits per heavy atom. The predicted octanol–water partition coefficient (Wildman–Crippen LogP) is 5.03. The molecule has 3 N–H and O–H groups in total. The van der Waals surface area contributed by atoms with Crippen LogP contribution in [0.25, 0.3) is 0 Å². The van der Waals surface area contributed by atoms with Crippen LogP contribution in [0.4, 0.5) is 5.69 Å². The van der Waals surface area contributed by atoms with E-state index in [1.807, 2.05) is 18.2 Å². The normalized spacial score (nSPS) is 27.9. The highest BCUT2D eigenvalue weighted by atomic mass is 35.5. The van der Waals surface area contributed by atoms with Crippen molar-refractivity contribution < 1.29 is 14.7 Å². The maximum atomic E-state index is 13.7. The van der Waals surface area contributed by atoms with E-state index in [-0.39, 0.29) is 11.3 Å². The van der Waals surface area contributed by atoms with Crippen molar-refractivity contribution in [2.75, 3.05) is 5.32 Å². The fourth-order valence-electron chi connectivity index (χ4n) is 5.08. The van der Waals surface area contributed by atoms with Crippen molar-refractivity contribution >= 4 is 40.8 Å². The largest absolute Gasteiger partial charge is 0.480 e. The van der Waals surface area contributed by atoms with Gasteiger partial charge in [-0.2, -0.15) is 0 Å². The Balaban J connectivity index is 1.98. The number of hydrogen-bond donors (Lipinski definition) is 3. The summed E-state index contributed by atoms with van der Waals surface area (Å²) >= 11 is 12.3. The number of carbonyl (C=O) groups is 2. The van der Waals surface area contributed by atoms with Crippen molar-refractivity contribution in [1.82, 2.24) is 5.32 Å². The van der Waals surface area contributed by atoms with Gasteiger partial charge in [0.2, 0.25) is 5.91 Å². The Morgan fingerprint density at radius 3 is 2.33 bits per heavy atom. The van der Waals surface area contributed by atoms with Crippen molar-refractivity contribution in [2.24, 2.45) is 11.3 Å². The molecule has 1 saturated heterocycles. The average Bonchev–Trinajstić information content (AvgIpc) is 3.11. The van der Waals surface area contributed by atoms with Crippen molar-refractivity contribution in [3.05, 3.63) is 63.6 Å². The van der Waals surface area contributed by atoms with Crippen LogP contribution in [0, 0.1) is 11.3 Å². The zero-order valence-electron chi connectivity index (χ0n) is 17.0. The number of halogens is 2. The Hall–Kier alpha value is -2.08. The number of nitrogens with one attached hydrogen (secondary N) is 2. The zero-order valence-corrected chi connectivity index (χ0v) is 18.5. The Morgan fingerprint density at radius 1 is 1.10 bits per heavy atom. The second-order valence-corrected chi connectivity index (χ2v) is 10.2. The van der Waals surface area contributed by atoms with E-state index in [0.717, 1.165) is 11.1 Å². The molecule has 5 nitrogen and oxygen atoms in total. The highest BCUT2D eigenvalue weighted by molar-refractivity contribution is 6.31. The van der Waals surface area contributed by atoms with Crippen LogP contribution >= 0.6 is 23.2 Å². The lowest BCUT2D eigenvalue weighted by molar-refractivity contribution is -0.140. The Labute approximate surface area is 185 Å². The number of rotatable bonds is 3. The minimum absolute atomic E-state index is 0.183. The van der Waals surface area contributed by atoms with Crippen molar-refractivity contribution in [2.45, 2.75) is 44.7 Å². The molecular weight excluding hydrogens is 423 g/mol. The van der Waals surface area contributed by atoms with E-state index in [9.17, 15) is 14.7 Å². The smallest absolute Gasteiger partial charge is 0.321 e. The third-order valence-electron chi connectivity index (χ3n) is 6.14. The van der Waals surface area contributed by atoms with E-state index in [0.29, 0.717) is 22.2 Å². The molecule has 2 aliphatic heterocycles. The molecule has 2 aliphatic rings. The molecule has 2 aromatic rings. The predicted molar refractivity (Wildman–Crippen MR) is 118 cm³/mol. The number of carboxylic acid groups (broad SMARTS) is 1. The number of anilines is 1. The van der Waals surface area contributed by atoms with Crippen LogP contribution < -0.4 is 10.6 Å². The average molecular weight is 447 g/mol. The van der Waals surface area contributed by atoms with Crippen molar-refractivity contribution in [1.29, 1.82) is 0 Å². The molecule has 0 aromatic heterocycles. The number of fused-ring (bicyclic) bond motifs is 2. The number of carbonyl (C=O) groups excluding carboxylic acids is 1. The summed E-state index contributed by atoms with van der Waals surface area (Å²) in [5.74, 6) is -1.63. The summed E-state index contributed by atoms with van der Waals surface area (Å²) in [6.45, 7) is 6.18. The molecule has 2 heterocycles. The third kappa shape index (κ3) is 3.29. The van der Waals surface area contributed by atoms with Crippen LogP contribution in [0.3, 0.4) is 0 Å². The van der Waals surface area contributed by atoms with Gasteiger partial charge in [0.1, 0.15) is 11.5 Å². The van der Waals surface area contributed by atoms with Crippen LogP contribution in [0.1, 0.15) is 44.4 Å². The van der Waals surface area contributed by atoms with E-state index in [2.05, 4.69) is 31.4 Å². The molecule has 2 aromatic carbocycles. The number of benzene rings is 2. The number of hydrogen-bond acceptors (Lipinski definition) is 3. The van der Waals surface area contributed by atoms with Gasteiger partial charge in [-0.3, -0.25) is 14.9 Å². The molecule has 30 heavy (non-hydrogen) atoms. The number of aliphatic carboxylic acids is 1. The standard InChI is InChI=1S/C23H24Cl2N2O3/c1-22(2,3)11-16-18(20(28)29)27-19(12-4-6-13(24)7-5-12)23(16)15-9-8-14(25)10-17(15)26-21(23)30/h4-10,16,18-19,27H,11H2,1-3H3,(H,26,30)(H,28,29). The van der Waals surface area contributed by atoms with Crippen LogP contribution in [-0.2, 0) is 15.0 Å². The van der Waals surface area contributed by atoms with Crippen LogP contribution in [-0.4, -0.2) is 23.0 Å². The van der Waals surface area contributed by atoms with Gasteiger partial charge in [-0.1, -0.05) is 62.2 Å². The van der Waals surface area contributed by atoms with Crippen LogP contribution in [0.2, 0.25) is 10.0 Å². The lowest BCUT2D eigenvalue weighted by Gasteiger charge is -2.37. The molecule has 1 spiro atoms. The second-order valence-electron chi connectivity index (χ2n) is 9.35. The molecule has 4 atom stereocenters. The molecular formula is C23H24Cl2N2O3. The summed E-state index contributed by atoms with van der Waals surface area (Å²) in [5, 5.41) is 17.4. The van der Waals surface area contributed by atoms with Gasteiger partial charge in [0.15, 0.2) is 0 Å². The second kappa shape index (κ2) is 7.26. The first-order valence-electron chi connectivity index (χ1n) is 9.90. The van der Waals surface area contributed by atoms with E-state index in [4.69, 9.17) is 23.2 Å². The van der Waals surface area contributed by atoms with Gasteiger partial charge in [0.25, 0.3) is 0 Å². The van der Waals surface area contributed by atoms with Gasteiger partial charge in [0, 0.05) is 21.7 Å². The molecule has 1 fully saturated rings. The third-order valence-corrected chi connectivity index (χ3v) is 6.63. The first-order chi connectivity index (χ1) is 14.0. The maximum absolute atomic E-state index is 13.7. The van der Waals surface area contributed by atoms with E-state index >= 15 is 0 Å². The SMILES string of the molecule is CC(C)(C)CC1C(C(=O)O)NC(c2ccc(Cl)cc2)C12C(=O)Nc1cc(Cl)ccc12. The molecule has 0 bridgehead atoms. The molecule has 0 radical (unpaired) electrons. The van der Waals surface area contributed by atoms with E-state index < -0.39 is 29.4 Å². The van der Waals surface area contributed by atoms with Gasteiger partial charge in [-0.25, -0.2) is 0 Å². The highest BCUT2D eigenvalue weighted by Gasteiger charge is 2.65. The summed E-state index contributed by atoms with van der Waals surface area (Å²) in [4.78, 5) is 26.0. The molecule has 4 unspecified atom stereocenters. The molecule has 7 heteroatoms. The van der Waals surface area contributed by atoms with Crippen LogP contribution in [0.5, 0.6) is 0 Å². The minimum Gasteiger partial charge on any atom is -0.480 e. The Bertz CT molecular complexity index is 1020. The maximum Gasteiger partial charge on any atom is 0.321 e. The Kier molecular flexibility index (Phi) is 5.12. The van der Waals surface area contributed by atoms with Crippen molar-refractivity contribution in [3.63, 3.8) is 0 Å². The molecule has 0 saturated carbocycles. The summed E-state index contributed by atoms with van der Waals surface area (Å²) in [6, 6.07) is 11.1. The first-order valence-corrected chi connectivity index (χ1v) is 10.7. The van der Waals surface area contributed by atoms with Crippen molar-refractivity contribution in [3.8, 4) is 0 Å². The molecule has 1 amide bonds. The lowest BCUT2D eigenvalue weighted by atomic mass is 9.62. The fourth-order valence-corrected chi connectivity index (χ4v) is 5.38. The van der Waals surface area contributed by atoms with E-state index in [1.54, 1.807) is 24.3 Å². The summed E-state index contributed by atoms with van der Waals surface area (Å²) < 4.78 is 0. The monoisotopic (exact) mass is 446 g/mol. The number of carboxylic acids is 1. The van der Waals surface area contributed by atoms with E-state index in [1.165, 1.54) is 0 Å². The molecule has 4 rings (SSSR count). The molecule has 0 aliphatic carbocycles. The summed E-state index contributed by atoms with van der Waals surface area (Å²) in [6.07, 6.45) is 0.552. The first kappa shape index (κ1) is 21.2. The highest BCUT2D eigenvalue weighted by Crippen LogP contribution is 2.58. The van der Waals surface area contributed by atoms with Crippen LogP contribution in [0.15, 0.2) is 42.5 Å². The zero-order chi connectivity index (χ0) is 21.8. The van der Waals surface area contributed by atoms with Gasteiger partial charge in [-0.05, 0) is 47.2 Å². The molecule has 158 valence electrons.